The number of rotatable bonds is 5. The van der Waals surface area contributed by atoms with Gasteiger partial charge in [-0.15, -0.1) is 11.3 Å². The molecule has 1 saturated heterocycles. The molecule has 4 rings (SSSR count). The Bertz CT molecular complexity index is 660. The maximum atomic E-state index is 6.18. The molecule has 0 radical (unpaired) electrons. The fourth-order valence-electron chi connectivity index (χ4n) is 3.80. The van der Waals surface area contributed by atoms with E-state index in [1.54, 1.807) is 6.20 Å². The van der Waals surface area contributed by atoms with Gasteiger partial charge >= 0.3 is 0 Å². The number of aryl methyl sites for hydroxylation is 1. The summed E-state index contributed by atoms with van der Waals surface area (Å²) in [6, 6.07) is 6.72. The molecular weight excluding hydrogens is 320 g/mol. The molecule has 128 valence electrons. The summed E-state index contributed by atoms with van der Waals surface area (Å²) in [4.78, 5) is 8.23. The second-order valence-corrected chi connectivity index (χ2v) is 7.69. The van der Waals surface area contributed by atoms with Gasteiger partial charge in [0.2, 0.25) is 0 Å². The minimum Gasteiger partial charge on any atom is -0.373 e. The van der Waals surface area contributed by atoms with E-state index in [9.17, 15) is 0 Å². The summed E-state index contributed by atoms with van der Waals surface area (Å²) >= 11 is 1.87. The molecule has 0 aromatic carbocycles. The normalized spacial score (nSPS) is 27.3. The predicted octanol–water partition coefficient (Wildman–Crippen LogP) is 3.40. The van der Waals surface area contributed by atoms with Gasteiger partial charge in [0.25, 0.3) is 0 Å². The Kier molecular flexibility index (Phi) is 4.94. The van der Waals surface area contributed by atoms with Crippen molar-refractivity contribution < 1.29 is 9.47 Å². The van der Waals surface area contributed by atoms with Gasteiger partial charge in [0.05, 0.1) is 25.4 Å². The van der Waals surface area contributed by atoms with Gasteiger partial charge in [-0.25, -0.2) is 0 Å². The Morgan fingerprint density at radius 1 is 1.38 bits per heavy atom. The van der Waals surface area contributed by atoms with Crippen LogP contribution in [-0.2, 0) is 22.6 Å². The molecular formula is C19H24N2O2S. The first kappa shape index (κ1) is 16.2. The van der Waals surface area contributed by atoms with Gasteiger partial charge in [-0.2, -0.15) is 0 Å². The van der Waals surface area contributed by atoms with Gasteiger partial charge in [-0.05, 0) is 48.4 Å². The lowest BCUT2D eigenvalue weighted by Gasteiger charge is -2.39. The van der Waals surface area contributed by atoms with Crippen LogP contribution < -0.4 is 0 Å². The molecule has 4 nitrogen and oxygen atoms in total. The fraction of sp³-hybridized carbons (Fsp3) is 0.526. The third kappa shape index (κ3) is 3.40. The molecule has 0 unspecified atom stereocenters. The van der Waals surface area contributed by atoms with Crippen molar-refractivity contribution in [2.45, 2.75) is 51.2 Å². The first-order valence-electron chi connectivity index (χ1n) is 8.70. The smallest absolute Gasteiger partial charge is 0.0992 e. The lowest BCUT2D eigenvalue weighted by molar-refractivity contribution is -0.118. The monoisotopic (exact) mass is 344 g/mol. The minimum absolute atomic E-state index is 0.197. The number of morpholine rings is 1. The number of fused-ring (bicyclic) bond motifs is 1. The average molecular weight is 344 g/mol. The van der Waals surface area contributed by atoms with Gasteiger partial charge in [0, 0.05) is 36.4 Å². The molecule has 1 saturated carbocycles. The Labute approximate surface area is 147 Å². The number of thiophene rings is 1. The molecule has 0 amide bonds. The number of aromatic nitrogens is 1. The molecule has 1 aliphatic heterocycles. The van der Waals surface area contributed by atoms with Crippen LogP contribution in [-0.4, -0.2) is 41.3 Å². The Hall–Kier alpha value is -1.27. The maximum Gasteiger partial charge on any atom is 0.0992 e. The zero-order valence-electron chi connectivity index (χ0n) is 14.1. The quantitative estimate of drug-likeness (QED) is 0.833. The molecule has 1 aliphatic carbocycles. The van der Waals surface area contributed by atoms with Crippen LogP contribution in [0, 0.1) is 6.92 Å². The van der Waals surface area contributed by atoms with Gasteiger partial charge < -0.3 is 9.47 Å². The molecule has 0 N–H and O–H groups in total. The minimum atomic E-state index is 0.197. The maximum absolute atomic E-state index is 6.18. The van der Waals surface area contributed by atoms with Crippen molar-refractivity contribution in [2.75, 3.05) is 13.2 Å². The van der Waals surface area contributed by atoms with E-state index in [2.05, 4.69) is 34.3 Å². The van der Waals surface area contributed by atoms with E-state index < -0.39 is 0 Å². The first-order valence-corrected chi connectivity index (χ1v) is 9.58. The van der Waals surface area contributed by atoms with E-state index in [-0.39, 0.29) is 12.2 Å². The Morgan fingerprint density at radius 2 is 2.33 bits per heavy atom. The third-order valence-corrected chi connectivity index (χ3v) is 6.16. The van der Waals surface area contributed by atoms with Crippen LogP contribution in [0.1, 0.15) is 28.8 Å². The van der Waals surface area contributed by atoms with Gasteiger partial charge in [0.1, 0.15) is 0 Å². The zero-order valence-corrected chi connectivity index (χ0v) is 14.9. The molecule has 2 aliphatic rings. The van der Waals surface area contributed by atoms with E-state index in [0.717, 1.165) is 38.1 Å². The highest BCUT2D eigenvalue weighted by molar-refractivity contribution is 7.10. The average Bonchev–Trinajstić information content (AvgIpc) is 3.21. The van der Waals surface area contributed by atoms with Crippen molar-refractivity contribution >= 4 is 11.3 Å². The van der Waals surface area contributed by atoms with E-state index >= 15 is 0 Å². The van der Waals surface area contributed by atoms with E-state index in [4.69, 9.17) is 9.47 Å². The highest BCUT2D eigenvalue weighted by Crippen LogP contribution is 2.34. The Morgan fingerprint density at radius 3 is 3.12 bits per heavy atom. The summed E-state index contributed by atoms with van der Waals surface area (Å²) < 4.78 is 12.3. The largest absolute Gasteiger partial charge is 0.373 e. The lowest BCUT2D eigenvalue weighted by Crippen LogP contribution is -2.51. The third-order valence-electron chi connectivity index (χ3n) is 5.15. The van der Waals surface area contributed by atoms with Crippen LogP contribution in [0.4, 0.5) is 0 Å². The summed E-state index contributed by atoms with van der Waals surface area (Å²) in [6.07, 6.45) is 6.31. The van der Waals surface area contributed by atoms with Gasteiger partial charge in [-0.3, -0.25) is 9.88 Å². The lowest BCUT2D eigenvalue weighted by atomic mass is 10.1. The predicted molar refractivity (Wildman–Crippen MR) is 95.0 cm³/mol. The number of hydrogen-bond acceptors (Lipinski definition) is 5. The molecule has 24 heavy (non-hydrogen) atoms. The fourth-order valence-corrected chi connectivity index (χ4v) is 4.73. The SMILES string of the molecule is Cc1ccsc1CN1CCO[C@H]2[C@@H](OCc3cccnc3)CC[C@@H]21. The number of nitrogens with zero attached hydrogens (tertiary/aromatic N) is 2. The van der Waals surface area contributed by atoms with E-state index in [0.29, 0.717) is 12.6 Å². The number of ether oxygens (including phenoxy) is 2. The van der Waals surface area contributed by atoms with Crippen LogP contribution >= 0.6 is 11.3 Å². The topological polar surface area (TPSA) is 34.6 Å². The van der Waals surface area contributed by atoms with Crippen LogP contribution in [0.3, 0.4) is 0 Å². The molecule has 5 heteroatoms. The first-order chi connectivity index (χ1) is 11.8. The zero-order chi connectivity index (χ0) is 16.4. The molecule has 3 heterocycles. The summed E-state index contributed by atoms with van der Waals surface area (Å²) in [5.41, 5.74) is 2.54. The molecule has 2 aromatic heterocycles. The van der Waals surface area contributed by atoms with Crippen molar-refractivity contribution in [3.63, 3.8) is 0 Å². The van der Waals surface area contributed by atoms with Crippen LogP contribution in [0.5, 0.6) is 0 Å². The van der Waals surface area contributed by atoms with Gasteiger partial charge in [0.15, 0.2) is 0 Å². The molecule has 0 bridgehead atoms. The van der Waals surface area contributed by atoms with E-state index in [1.807, 2.05) is 23.6 Å². The van der Waals surface area contributed by atoms with Crippen LogP contribution in [0.2, 0.25) is 0 Å². The summed E-state index contributed by atoms with van der Waals surface area (Å²) in [5, 5.41) is 2.19. The Balaban J connectivity index is 1.38. The van der Waals surface area contributed by atoms with Crippen molar-refractivity contribution in [1.82, 2.24) is 9.88 Å². The highest BCUT2D eigenvalue weighted by Gasteiger charge is 2.43. The second-order valence-electron chi connectivity index (χ2n) is 6.69. The van der Waals surface area contributed by atoms with Crippen molar-refractivity contribution in [1.29, 1.82) is 0 Å². The summed E-state index contributed by atoms with van der Waals surface area (Å²) in [6.45, 7) is 5.70. The molecule has 2 aromatic rings. The highest BCUT2D eigenvalue weighted by atomic mass is 32.1. The second kappa shape index (κ2) is 7.31. The van der Waals surface area contributed by atoms with Crippen molar-refractivity contribution in [3.05, 3.63) is 52.0 Å². The summed E-state index contributed by atoms with van der Waals surface area (Å²) in [7, 11) is 0. The standard InChI is InChI=1S/C19H24N2O2S/c1-14-6-10-24-18(14)12-21-8-9-22-19-16(21)4-5-17(19)23-13-15-3-2-7-20-11-15/h2-3,6-7,10-11,16-17,19H,4-5,8-9,12-13H2,1H3/t16-,17-,19+/m0/s1. The molecule has 0 spiro atoms. The van der Waals surface area contributed by atoms with Gasteiger partial charge in [-0.1, -0.05) is 6.07 Å². The molecule has 2 fully saturated rings. The van der Waals surface area contributed by atoms with Crippen LogP contribution in [0.25, 0.3) is 0 Å². The van der Waals surface area contributed by atoms with Crippen molar-refractivity contribution in [2.24, 2.45) is 0 Å². The molecule has 3 atom stereocenters. The van der Waals surface area contributed by atoms with Crippen molar-refractivity contribution in [3.8, 4) is 0 Å². The van der Waals surface area contributed by atoms with E-state index in [1.165, 1.54) is 10.4 Å². The number of hydrogen-bond donors (Lipinski definition) is 0. The number of pyridine rings is 1. The summed E-state index contributed by atoms with van der Waals surface area (Å²) in [5.74, 6) is 0. The van der Waals surface area contributed by atoms with Crippen LogP contribution in [0.15, 0.2) is 36.0 Å².